The van der Waals surface area contributed by atoms with Crippen molar-refractivity contribution in [1.29, 1.82) is 0 Å². The molecule has 0 heterocycles. The molecular formula is C11H20MnO2. The van der Waals surface area contributed by atoms with Crippen LogP contribution in [0.4, 0.5) is 0 Å². The van der Waals surface area contributed by atoms with Gasteiger partial charge in [0.05, 0.1) is 0 Å². The zero-order chi connectivity index (χ0) is 10.5. The quantitative estimate of drug-likeness (QED) is 0.527. The molecule has 0 amide bonds. The Morgan fingerprint density at radius 1 is 0.857 bits per heavy atom. The molecule has 0 aliphatic heterocycles. The van der Waals surface area contributed by atoms with Crippen molar-refractivity contribution >= 4 is 12.6 Å². The molecule has 0 fully saturated rings. The van der Waals surface area contributed by atoms with Crippen LogP contribution in [0.25, 0.3) is 0 Å². The molecule has 0 unspecified atom stereocenters. The smallest absolute Gasteiger partial charge is 0.125 e. The third kappa shape index (κ3) is 7.28. The van der Waals surface area contributed by atoms with E-state index in [1.165, 1.54) is 0 Å². The van der Waals surface area contributed by atoms with Crippen molar-refractivity contribution in [1.82, 2.24) is 0 Å². The summed E-state index contributed by atoms with van der Waals surface area (Å²) in [6.07, 6.45) is 4.61. The van der Waals surface area contributed by atoms with Gasteiger partial charge in [-0.25, -0.2) is 0 Å². The van der Waals surface area contributed by atoms with Crippen molar-refractivity contribution in [3.63, 3.8) is 0 Å². The van der Waals surface area contributed by atoms with Crippen LogP contribution in [-0.2, 0) is 26.7 Å². The molecule has 0 bridgehead atoms. The third-order valence-electron chi connectivity index (χ3n) is 2.28. The van der Waals surface area contributed by atoms with E-state index in [2.05, 4.69) is 0 Å². The molecule has 2 nitrogen and oxygen atoms in total. The fraction of sp³-hybridized carbons (Fsp3) is 0.818. The van der Waals surface area contributed by atoms with Gasteiger partial charge in [0.2, 0.25) is 0 Å². The van der Waals surface area contributed by atoms with Crippen LogP contribution in [0.1, 0.15) is 47.0 Å². The largest absolute Gasteiger partial charge is 0.303 e. The molecule has 0 saturated carbocycles. The van der Waals surface area contributed by atoms with Crippen molar-refractivity contribution in [2.24, 2.45) is 10.8 Å². The molecule has 0 aromatic heterocycles. The van der Waals surface area contributed by atoms with Gasteiger partial charge in [-0.15, -0.1) is 0 Å². The van der Waals surface area contributed by atoms with E-state index in [0.717, 1.165) is 31.8 Å². The third-order valence-corrected chi connectivity index (χ3v) is 2.28. The summed E-state index contributed by atoms with van der Waals surface area (Å²) in [6, 6.07) is 0. The van der Waals surface area contributed by atoms with Crippen molar-refractivity contribution in [3.8, 4) is 0 Å². The molecule has 0 spiro atoms. The molecule has 0 N–H and O–H groups in total. The van der Waals surface area contributed by atoms with Crippen molar-refractivity contribution in [2.75, 3.05) is 0 Å². The van der Waals surface area contributed by atoms with Gasteiger partial charge in [0.15, 0.2) is 0 Å². The molecule has 3 heteroatoms. The first-order valence-corrected chi connectivity index (χ1v) is 4.76. The van der Waals surface area contributed by atoms with Gasteiger partial charge in [-0.1, -0.05) is 34.1 Å². The van der Waals surface area contributed by atoms with Crippen molar-refractivity contribution < 1.29 is 26.7 Å². The fourth-order valence-electron chi connectivity index (χ4n) is 1.12. The zero-order valence-corrected chi connectivity index (χ0v) is 10.7. The maximum atomic E-state index is 10.6. The summed E-state index contributed by atoms with van der Waals surface area (Å²) in [7, 11) is 0. The molecule has 0 rings (SSSR count). The SMILES string of the molecule is CC(C)(C=O)CCCC(C)(C)C=O.[Mn]. The van der Waals surface area contributed by atoms with Gasteiger partial charge in [-0.2, -0.15) is 0 Å². The summed E-state index contributed by atoms with van der Waals surface area (Å²) in [5.74, 6) is 0. The second-order valence-corrected chi connectivity index (χ2v) is 5.07. The van der Waals surface area contributed by atoms with E-state index in [9.17, 15) is 9.59 Å². The first-order chi connectivity index (χ1) is 5.83. The number of aldehydes is 2. The second-order valence-electron chi connectivity index (χ2n) is 5.07. The second kappa shape index (κ2) is 6.36. The summed E-state index contributed by atoms with van der Waals surface area (Å²) in [5.41, 5.74) is -0.474. The van der Waals surface area contributed by atoms with Crippen LogP contribution in [0, 0.1) is 10.8 Å². The Bertz CT molecular complexity index is 166. The van der Waals surface area contributed by atoms with E-state index in [-0.39, 0.29) is 27.9 Å². The minimum absolute atomic E-state index is 0. The van der Waals surface area contributed by atoms with Gasteiger partial charge in [0.25, 0.3) is 0 Å². The van der Waals surface area contributed by atoms with E-state index < -0.39 is 0 Å². The van der Waals surface area contributed by atoms with Gasteiger partial charge in [0, 0.05) is 27.9 Å². The summed E-state index contributed by atoms with van der Waals surface area (Å²) >= 11 is 0. The minimum atomic E-state index is -0.237. The summed E-state index contributed by atoms with van der Waals surface area (Å²) in [4.78, 5) is 21.2. The van der Waals surface area contributed by atoms with Gasteiger partial charge < -0.3 is 9.59 Å². The Morgan fingerprint density at radius 2 is 1.14 bits per heavy atom. The molecule has 0 atom stereocenters. The van der Waals surface area contributed by atoms with Crippen LogP contribution in [0.2, 0.25) is 0 Å². The number of hydrogen-bond donors (Lipinski definition) is 0. The van der Waals surface area contributed by atoms with Crippen molar-refractivity contribution in [2.45, 2.75) is 47.0 Å². The molecule has 83 valence electrons. The standard InChI is InChI=1S/C11H20O2.Mn/c1-10(2,8-12)6-5-7-11(3,4)9-13;/h8-9H,5-7H2,1-4H3;. The van der Waals surface area contributed by atoms with E-state index in [1.807, 2.05) is 27.7 Å². The summed E-state index contributed by atoms with van der Waals surface area (Å²) < 4.78 is 0. The molecule has 0 aromatic carbocycles. The molecule has 0 saturated heterocycles. The first-order valence-electron chi connectivity index (χ1n) is 4.76. The molecule has 0 aliphatic rings. The fourth-order valence-corrected chi connectivity index (χ4v) is 1.12. The summed E-state index contributed by atoms with van der Waals surface area (Å²) in [5, 5.41) is 0. The first kappa shape index (κ1) is 16.3. The van der Waals surface area contributed by atoms with Crippen molar-refractivity contribution in [3.05, 3.63) is 0 Å². The van der Waals surface area contributed by atoms with Crippen LogP contribution in [-0.4, -0.2) is 12.6 Å². The number of carbonyl (C=O) groups is 2. The van der Waals surface area contributed by atoms with Gasteiger partial charge in [-0.05, 0) is 12.8 Å². The van der Waals surface area contributed by atoms with Gasteiger partial charge in [-0.3, -0.25) is 0 Å². The maximum Gasteiger partial charge on any atom is 0.125 e. The Hall–Kier alpha value is -0.141. The van der Waals surface area contributed by atoms with Crippen LogP contribution in [0.3, 0.4) is 0 Å². The van der Waals surface area contributed by atoms with Crippen LogP contribution >= 0.6 is 0 Å². The van der Waals surface area contributed by atoms with E-state index >= 15 is 0 Å². The predicted octanol–water partition coefficient (Wildman–Crippen LogP) is 2.60. The average molecular weight is 239 g/mol. The van der Waals surface area contributed by atoms with E-state index in [4.69, 9.17) is 0 Å². The van der Waals surface area contributed by atoms with Crippen LogP contribution < -0.4 is 0 Å². The van der Waals surface area contributed by atoms with Crippen LogP contribution in [0.15, 0.2) is 0 Å². The van der Waals surface area contributed by atoms with Gasteiger partial charge >= 0.3 is 0 Å². The number of rotatable bonds is 6. The Kier molecular flexibility index (Phi) is 7.41. The average Bonchev–Trinajstić information content (AvgIpc) is 2.04. The minimum Gasteiger partial charge on any atom is -0.303 e. The monoisotopic (exact) mass is 239 g/mol. The topological polar surface area (TPSA) is 34.1 Å². The van der Waals surface area contributed by atoms with Crippen LogP contribution in [0.5, 0.6) is 0 Å². The predicted molar refractivity (Wildman–Crippen MR) is 53.5 cm³/mol. The van der Waals surface area contributed by atoms with E-state index in [0.29, 0.717) is 0 Å². The molecule has 0 aromatic rings. The molecule has 1 radical (unpaired) electrons. The number of carbonyl (C=O) groups excluding carboxylic acids is 2. The maximum absolute atomic E-state index is 10.6. The Morgan fingerprint density at radius 3 is 1.36 bits per heavy atom. The number of hydrogen-bond acceptors (Lipinski definition) is 2. The van der Waals surface area contributed by atoms with E-state index in [1.54, 1.807) is 0 Å². The molecule has 14 heavy (non-hydrogen) atoms. The zero-order valence-electron chi connectivity index (χ0n) is 9.47. The summed E-state index contributed by atoms with van der Waals surface area (Å²) in [6.45, 7) is 7.70. The normalized spacial score (nSPS) is 11.7. The van der Waals surface area contributed by atoms with Gasteiger partial charge in [0.1, 0.15) is 12.6 Å². The molecule has 0 aliphatic carbocycles. The Balaban J connectivity index is 0. The Labute approximate surface area is 97.3 Å². The molecular weight excluding hydrogens is 219 g/mol.